The van der Waals surface area contributed by atoms with Crippen LogP contribution in [0.4, 0.5) is 0 Å². The van der Waals surface area contributed by atoms with Crippen LogP contribution in [0.25, 0.3) is 0 Å². The highest BCUT2D eigenvalue weighted by atomic mass is 15.1. The molecule has 0 aliphatic carbocycles. The van der Waals surface area contributed by atoms with Gasteiger partial charge >= 0.3 is 0 Å². The lowest BCUT2D eigenvalue weighted by Gasteiger charge is -2.22. The molecule has 1 atom stereocenters. The standard InChI is InChI=1S/C17H38N2/c1-6-8-14-19(15-9-7-2)16-12-10-11-13-17(3)18(4)5/h17H,6-16H2,1-5H3. The summed E-state index contributed by atoms with van der Waals surface area (Å²) in [4.78, 5) is 5.01. The van der Waals surface area contributed by atoms with Gasteiger partial charge in [-0.25, -0.2) is 0 Å². The van der Waals surface area contributed by atoms with Crippen molar-refractivity contribution in [1.29, 1.82) is 0 Å². The third kappa shape index (κ3) is 11.4. The first-order valence-electron chi connectivity index (χ1n) is 8.50. The molecule has 0 aliphatic rings. The molecule has 0 fully saturated rings. The smallest absolute Gasteiger partial charge is 0.00608 e. The predicted octanol–water partition coefficient (Wildman–Crippen LogP) is 4.40. The summed E-state index contributed by atoms with van der Waals surface area (Å²) in [6.45, 7) is 10.8. The maximum absolute atomic E-state index is 2.68. The Balaban J connectivity index is 3.61. The summed E-state index contributed by atoms with van der Waals surface area (Å²) in [5.41, 5.74) is 0. The van der Waals surface area contributed by atoms with E-state index in [1.807, 2.05) is 0 Å². The van der Waals surface area contributed by atoms with Crippen molar-refractivity contribution in [3.05, 3.63) is 0 Å². The third-order valence-electron chi connectivity index (χ3n) is 4.13. The molecule has 0 bridgehead atoms. The van der Waals surface area contributed by atoms with Crippen LogP contribution >= 0.6 is 0 Å². The molecule has 1 unspecified atom stereocenters. The minimum atomic E-state index is 0.733. The molecule has 0 aromatic rings. The van der Waals surface area contributed by atoms with Gasteiger partial charge in [0.25, 0.3) is 0 Å². The van der Waals surface area contributed by atoms with Crippen molar-refractivity contribution in [2.45, 2.75) is 78.2 Å². The van der Waals surface area contributed by atoms with E-state index in [1.54, 1.807) is 0 Å². The molecule has 0 heterocycles. The minimum absolute atomic E-state index is 0.733. The van der Waals surface area contributed by atoms with Crippen LogP contribution in [0, 0.1) is 0 Å². The van der Waals surface area contributed by atoms with E-state index in [-0.39, 0.29) is 0 Å². The van der Waals surface area contributed by atoms with Gasteiger partial charge in [-0.3, -0.25) is 0 Å². The molecule has 0 N–H and O–H groups in total. The molecular weight excluding hydrogens is 232 g/mol. The van der Waals surface area contributed by atoms with Crippen molar-refractivity contribution < 1.29 is 0 Å². The van der Waals surface area contributed by atoms with Gasteiger partial charge in [-0.15, -0.1) is 0 Å². The third-order valence-corrected chi connectivity index (χ3v) is 4.13. The topological polar surface area (TPSA) is 6.48 Å². The van der Waals surface area contributed by atoms with E-state index in [9.17, 15) is 0 Å². The van der Waals surface area contributed by atoms with E-state index < -0.39 is 0 Å². The van der Waals surface area contributed by atoms with Crippen molar-refractivity contribution in [2.24, 2.45) is 0 Å². The van der Waals surface area contributed by atoms with Crippen LogP contribution in [-0.2, 0) is 0 Å². The van der Waals surface area contributed by atoms with Crippen LogP contribution in [0.5, 0.6) is 0 Å². The Hall–Kier alpha value is -0.0800. The quantitative estimate of drug-likeness (QED) is 0.458. The molecule has 0 saturated carbocycles. The number of nitrogens with zero attached hydrogens (tertiary/aromatic N) is 2. The number of hydrogen-bond acceptors (Lipinski definition) is 2. The van der Waals surface area contributed by atoms with E-state index in [2.05, 4.69) is 44.7 Å². The highest BCUT2D eigenvalue weighted by Crippen LogP contribution is 2.08. The van der Waals surface area contributed by atoms with Crippen LogP contribution < -0.4 is 0 Å². The Morgan fingerprint density at radius 1 is 0.737 bits per heavy atom. The fourth-order valence-electron chi connectivity index (χ4n) is 2.31. The Bertz CT molecular complexity index is 172. The summed E-state index contributed by atoms with van der Waals surface area (Å²) in [5, 5.41) is 0. The molecule has 2 nitrogen and oxygen atoms in total. The van der Waals surface area contributed by atoms with Crippen molar-refractivity contribution >= 4 is 0 Å². The Labute approximate surface area is 122 Å². The molecule has 0 amide bonds. The zero-order chi connectivity index (χ0) is 14.5. The van der Waals surface area contributed by atoms with Crippen LogP contribution in [0.15, 0.2) is 0 Å². The van der Waals surface area contributed by atoms with Gasteiger partial charge in [0.15, 0.2) is 0 Å². The Kier molecular flexibility index (Phi) is 12.9. The molecule has 0 aromatic carbocycles. The Morgan fingerprint density at radius 2 is 1.26 bits per heavy atom. The van der Waals surface area contributed by atoms with Gasteiger partial charge in [-0.05, 0) is 66.3 Å². The molecule has 116 valence electrons. The average molecular weight is 271 g/mol. The first kappa shape index (κ1) is 18.9. The largest absolute Gasteiger partial charge is 0.307 e. The van der Waals surface area contributed by atoms with Crippen LogP contribution in [-0.4, -0.2) is 49.6 Å². The second-order valence-electron chi connectivity index (χ2n) is 6.21. The van der Waals surface area contributed by atoms with Crippen LogP contribution in [0.2, 0.25) is 0 Å². The number of rotatable bonds is 13. The highest BCUT2D eigenvalue weighted by Gasteiger charge is 2.05. The summed E-state index contributed by atoms with van der Waals surface area (Å²) in [6, 6.07) is 0.733. The van der Waals surface area contributed by atoms with Gasteiger partial charge in [0.05, 0.1) is 0 Å². The average Bonchev–Trinajstić information content (AvgIpc) is 2.40. The molecule has 0 aliphatic heterocycles. The molecule has 0 rings (SSSR count). The summed E-state index contributed by atoms with van der Waals surface area (Å²) in [6.07, 6.45) is 10.9. The molecule has 0 aromatic heterocycles. The molecule has 0 radical (unpaired) electrons. The lowest BCUT2D eigenvalue weighted by molar-refractivity contribution is 0.253. The maximum atomic E-state index is 2.68. The van der Waals surface area contributed by atoms with Gasteiger partial charge in [-0.1, -0.05) is 39.5 Å². The van der Waals surface area contributed by atoms with Crippen LogP contribution in [0.1, 0.15) is 72.1 Å². The van der Waals surface area contributed by atoms with Gasteiger partial charge in [0.1, 0.15) is 0 Å². The van der Waals surface area contributed by atoms with Crippen molar-refractivity contribution in [1.82, 2.24) is 9.80 Å². The van der Waals surface area contributed by atoms with Crippen LogP contribution in [0.3, 0.4) is 0 Å². The van der Waals surface area contributed by atoms with Gasteiger partial charge < -0.3 is 9.80 Å². The van der Waals surface area contributed by atoms with Gasteiger partial charge in [0, 0.05) is 6.04 Å². The zero-order valence-corrected chi connectivity index (χ0v) is 14.2. The SMILES string of the molecule is CCCCN(CCCC)CCCCCC(C)N(C)C. The lowest BCUT2D eigenvalue weighted by atomic mass is 10.1. The zero-order valence-electron chi connectivity index (χ0n) is 14.2. The van der Waals surface area contributed by atoms with E-state index in [1.165, 1.54) is 71.0 Å². The first-order valence-corrected chi connectivity index (χ1v) is 8.50. The van der Waals surface area contributed by atoms with Crippen molar-refractivity contribution in [3.8, 4) is 0 Å². The van der Waals surface area contributed by atoms with Crippen molar-refractivity contribution in [3.63, 3.8) is 0 Å². The van der Waals surface area contributed by atoms with Crippen molar-refractivity contribution in [2.75, 3.05) is 33.7 Å². The summed E-state index contributed by atoms with van der Waals surface area (Å²) < 4.78 is 0. The minimum Gasteiger partial charge on any atom is -0.307 e. The monoisotopic (exact) mass is 270 g/mol. The second-order valence-corrected chi connectivity index (χ2v) is 6.21. The molecular formula is C17H38N2. The fourth-order valence-corrected chi connectivity index (χ4v) is 2.31. The number of unbranched alkanes of at least 4 members (excludes halogenated alkanes) is 4. The van der Waals surface area contributed by atoms with E-state index in [4.69, 9.17) is 0 Å². The fraction of sp³-hybridized carbons (Fsp3) is 1.00. The summed E-state index contributed by atoms with van der Waals surface area (Å²) in [5.74, 6) is 0. The maximum Gasteiger partial charge on any atom is 0.00608 e. The molecule has 0 spiro atoms. The van der Waals surface area contributed by atoms with E-state index in [0.717, 1.165) is 6.04 Å². The Morgan fingerprint density at radius 3 is 1.74 bits per heavy atom. The molecule has 2 heteroatoms. The summed E-state index contributed by atoms with van der Waals surface area (Å²) in [7, 11) is 4.36. The lowest BCUT2D eigenvalue weighted by Crippen LogP contribution is -2.27. The van der Waals surface area contributed by atoms with E-state index in [0.29, 0.717) is 0 Å². The van der Waals surface area contributed by atoms with Gasteiger partial charge in [0.2, 0.25) is 0 Å². The number of hydrogen-bond donors (Lipinski definition) is 0. The van der Waals surface area contributed by atoms with Gasteiger partial charge in [-0.2, -0.15) is 0 Å². The highest BCUT2D eigenvalue weighted by molar-refractivity contribution is 4.61. The second kappa shape index (κ2) is 12.9. The summed E-state index contributed by atoms with van der Waals surface area (Å²) >= 11 is 0. The molecule has 0 saturated heterocycles. The molecule has 19 heavy (non-hydrogen) atoms. The first-order chi connectivity index (χ1) is 9.11. The predicted molar refractivity (Wildman–Crippen MR) is 87.9 cm³/mol. The normalized spacial score (nSPS) is 13.4. The van der Waals surface area contributed by atoms with E-state index >= 15 is 0 Å².